The number of hydrogen-bond donors (Lipinski definition) is 3. The van der Waals surface area contributed by atoms with Crippen LogP contribution in [0.5, 0.6) is 0 Å². The summed E-state index contributed by atoms with van der Waals surface area (Å²) in [6, 6.07) is 3.74. The van der Waals surface area contributed by atoms with Gasteiger partial charge >= 0.3 is 5.97 Å². The van der Waals surface area contributed by atoms with Gasteiger partial charge < -0.3 is 14.7 Å². The van der Waals surface area contributed by atoms with Gasteiger partial charge in [0.2, 0.25) is 0 Å². The number of H-pyrrole nitrogens is 2. The third-order valence-corrected chi connectivity index (χ3v) is 4.01. The minimum Gasteiger partial charge on any atom is -0.480 e. The molecule has 0 atom stereocenters. The second-order valence-corrected chi connectivity index (χ2v) is 5.76. The van der Waals surface area contributed by atoms with Gasteiger partial charge in [-0.15, -0.1) is 0 Å². The molecule has 0 saturated carbocycles. The van der Waals surface area contributed by atoms with Crippen LogP contribution in [0.2, 0.25) is 0 Å². The molecule has 0 radical (unpaired) electrons. The largest absolute Gasteiger partial charge is 0.480 e. The molecule has 0 bridgehead atoms. The number of carboxylic acid groups (broad SMARTS) is 1. The molecule has 3 rings (SSSR count). The third kappa shape index (κ3) is 3.02. The molecule has 116 valence electrons. The Morgan fingerprint density at radius 1 is 1.41 bits per heavy atom. The van der Waals surface area contributed by atoms with E-state index < -0.39 is 5.97 Å². The number of aliphatic carboxylic acids is 1. The van der Waals surface area contributed by atoms with E-state index in [0.717, 1.165) is 24.4 Å². The van der Waals surface area contributed by atoms with Crippen molar-refractivity contribution in [2.24, 2.45) is 0 Å². The molecule has 0 saturated heterocycles. The maximum absolute atomic E-state index is 12.0. The topological polar surface area (TPSA) is 94.1 Å². The van der Waals surface area contributed by atoms with Gasteiger partial charge in [-0.2, -0.15) is 0 Å². The van der Waals surface area contributed by atoms with Gasteiger partial charge in [0.05, 0.1) is 5.56 Å². The molecule has 2 aromatic rings. The highest BCUT2D eigenvalue weighted by Gasteiger charge is 2.20. The average molecular weight is 320 g/mol. The number of hydrogen-bond acceptors (Lipinski definition) is 4. The fourth-order valence-corrected chi connectivity index (χ4v) is 2.99. The Balaban J connectivity index is 1.79. The molecule has 2 aromatic heterocycles. The van der Waals surface area contributed by atoms with E-state index >= 15 is 0 Å². The lowest BCUT2D eigenvalue weighted by Crippen LogP contribution is -2.35. The van der Waals surface area contributed by atoms with E-state index in [1.165, 1.54) is 0 Å². The highest BCUT2D eigenvalue weighted by atomic mass is 32.1. The summed E-state index contributed by atoms with van der Waals surface area (Å²) in [5, 5.41) is 8.91. The quantitative estimate of drug-likeness (QED) is 0.727. The van der Waals surface area contributed by atoms with Crippen molar-refractivity contribution < 1.29 is 9.90 Å². The average Bonchev–Trinajstić information content (AvgIpc) is 2.86. The van der Waals surface area contributed by atoms with Crippen LogP contribution in [-0.4, -0.2) is 37.1 Å². The standard InChI is InChI=1S/C14H16N4O3S/c19-12(20)8-18-4-1-2-9(18)6-17-5-3-11-10(7-17)13(21)16-14(22)15-11/h1-2,4H,3,5-8H2,(H,19,20)(H2,15,16,21,22). The molecule has 0 unspecified atom stereocenters. The van der Waals surface area contributed by atoms with Gasteiger partial charge in [0, 0.05) is 43.6 Å². The predicted molar refractivity (Wildman–Crippen MR) is 82.1 cm³/mol. The molecule has 0 amide bonds. The number of aromatic nitrogens is 3. The molecule has 22 heavy (non-hydrogen) atoms. The molecule has 0 fully saturated rings. The van der Waals surface area contributed by atoms with Crippen LogP contribution in [0, 0.1) is 4.77 Å². The van der Waals surface area contributed by atoms with E-state index in [0.29, 0.717) is 23.4 Å². The van der Waals surface area contributed by atoms with Crippen LogP contribution < -0.4 is 5.56 Å². The van der Waals surface area contributed by atoms with E-state index in [1.54, 1.807) is 10.8 Å². The van der Waals surface area contributed by atoms with Gasteiger partial charge in [-0.3, -0.25) is 19.5 Å². The smallest absolute Gasteiger partial charge is 0.323 e. The first-order chi connectivity index (χ1) is 10.5. The van der Waals surface area contributed by atoms with Gasteiger partial charge in [0.1, 0.15) is 6.54 Å². The van der Waals surface area contributed by atoms with Crippen molar-refractivity contribution in [3.63, 3.8) is 0 Å². The minimum absolute atomic E-state index is 0.0551. The van der Waals surface area contributed by atoms with E-state index in [4.69, 9.17) is 17.3 Å². The van der Waals surface area contributed by atoms with Gasteiger partial charge in [0.15, 0.2) is 4.77 Å². The summed E-state index contributed by atoms with van der Waals surface area (Å²) < 4.78 is 2.06. The lowest BCUT2D eigenvalue weighted by atomic mass is 10.1. The van der Waals surface area contributed by atoms with Crippen molar-refractivity contribution in [1.82, 2.24) is 19.4 Å². The second-order valence-electron chi connectivity index (χ2n) is 5.35. The number of rotatable bonds is 4. The highest BCUT2D eigenvalue weighted by Crippen LogP contribution is 2.16. The van der Waals surface area contributed by atoms with Crippen LogP contribution >= 0.6 is 12.2 Å². The molecule has 0 aromatic carbocycles. The van der Waals surface area contributed by atoms with Crippen LogP contribution in [0.15, 0.2) is 23.1 Å². The van der Waals surface area contributed by atoms with Crippen LogP contribution in [0.3, 0.4) is 0 Å². The molecule has 3 N–H and O–H groups in total. The van der Waals surface area contributed by atoms with E-state index in [1.807, 2.05) is 12.1 Å². The van der Waals surface area contributed by atoms with Gasteiger partial charge in [-0.25, -0.2) is 0 Å². The maximum Gasteiger partial charge on any atom is 0.323 e. The molecule has 1 aliphatic heterocycles. The fourth-order valence-electron chi connectivity index (χ4n) is 2.77. The first kappa shape index (κ1) is 14.7. The molecule has 8 heteroatoms. The van der Waals surface area contributed by atoms with Crippen LogP contribution in [0.4, 0.5) is 0 Å². The van der Waals surface area contributed by atoms with Gasteiger partial charge in [-0.05, 0) is 24.4 Å². The summed E-state index contributed by atoms with van der Waals surface area (Å²) in [4.78, 5) is 30.6. The molecular weight excluding hydrogens is 304 g/mol. The Morgan fingerprint density at radius 3 is 3.00 bits per heavy atom. The van der Waals surface area contributed by atoms with Crippen molar-refractivity contribution in [3.05, 3.63) is 50.4 Å². The molecule has 7 nitrogen and oxygen atoms in total. The zero-order chi connectivity index (χ0) is 15.7. The molecule has 3 heterocycles. The van der Waals surface area contributed by atoms with E-state index in [9.17, 15) is 9.59 Å². The summed E-state index contributed by atoms with van der Waals surface area (Å²) >= 11 is 4.98. The minimum atomic E-state index is -0.870. The van der Waals surface area contributed by atoms with Gasteiger partial charge in [0.25, 0.3) is 5.56 Å². The second kappa shape index (κ2) is 5.90. The lowest BCUT2D eigenvalue weighted by Gasteiger charge is -2.28. The monoisotopic (exact) mass is 320 g/mol. The Bertz CT molecular complexity index is 820. The Kier molecular flexibility index (Phi) is 3.95. The Hall–Kier alpha value is -2.19. The normalized spacial score (nSPS) is 14.7. The van der Waals surface area contributed by atoms with Crippen LogP contribution in [-0.2, 0) is 30.8 Å². The number of carboxylic acids is 1. The number of fused-ring (bicyclic) bond motifs is 1. The Labute approximate surface area is 131 Å². The molecule has 1 aliphatic rings. The van der Waals surface area contributed by atoms with Crippen molar-refractivity contribution in [1.29, 1.82) is 0 Å². The zero-order valence-corrected chi connectivity index (χ0v) is 12.7. The van der Waals surface area contributed by atoms with Crippen LogP contribution in [0.25, 0.3) is 0 Å². The fraction of sp³-hybridized carbons (Fsp3) is 0.357. The van der Waals surface area contributed by atoms with Crippen molar-refractivity contribution in [2.75, 3.05) is 6.54 Å². The summed E-state index contributed by atoms with van der Waals surface area (Å²) in [6.07, 6.45) is 2.48. The van der Waals surface area contributed by atoms with Gasteiger partial charge in [-0.1, -0.05) is 0 Å². The van der Waals surface area contributed by atoms with Crippen molar-refractivity contribution in [3.8, 4) is 0 Å². The number of nitrogens with one attached hydrogen (secondary N) is 2. The van der Waals surface area contributed by atoms with Crippen molar-refractivity contribution >= 4 is 18.2 Å². The van der Waals surface area contributed by atoms with Crippen molar-refractivity contribution in [2.45, 2.75) is 26.1 Å². The highest BCUT2D eigenvalue weighted by molar-refractivity contribution is 7.71. The molecule has 0 aliphatic carbocycles. The third-order valence-electron chi connectivity index (χ3n) is 3.80. The Morgan fingerprint density at radius 2 is 2.23 bits per heavy atom. The SMILES string of the molecule is O=C(O)Cn1cccc1CN1CCc2[nH]c(=S)[nH]c(=O)c2C1. The summed E-state index contributed by atoms with van der Waals surface area (Å²) in [5.74, 6) is -0.870. The predicted octanol–water partition coefficient (Wildman–Crippen LogP) is 0.877. The first-order valence-electron chi connectivity index (χ1n) is 6.95. The number of nitrogens with zero attached hydrogens (tertiary/aromatic N) is 2. The number of carbonyl (C=O) groups is 1. The van der Waals surface area contributed by atoms with E-state index in [2.05, 4.69) is 14.9 Å². The summed E-state index contributed by atoms with van der Waals surface area (Å²) in [5.41, 5.74) is 2.37. The summed E-state index contributed by atoms with van der Waals surface area (Å²) in [6.45, 7) is 1.87. The summed E-state index contributed by atoms with van der Waals surface area (Å²) in [7, 11) is 0. The van der Waals surface area contributed by atoms with E-state index in [-0.39, 0.29) is 12.1 Å². The maximum atomic E-state index is 12.0. The zero-order valence-electron chi connectivity index (χ0n) is 11.8. The first-order valence-corrected chi connectivity index (χ1v) is 7.36. The van der Waals surface area contributed by atoms with Crippen LogP contribution in [0.1, 0.15) is 17.0 Å². The molecular formula is C14H16N4O3S. The lowest BCUT2D eigenvalue weighted by molar-refractivity contribution is -0.137. The number of aromatic amines is 2. The molecule has 0 spiro atoms.